The van der Waals surface area contributed by atoms with Gasteiger partial charge >= 0.3 is 5.97 Å². The molecule has 1 aromatic carbocycles. The predicted octanol–water partition coefficient (Wildman–Crippen LogP) is 2.97. The molecule has 1 N–H and O–H groups in total. The molecule has 1 aromatic heterocycles. The van der Waals surface area contributed by atoms with Crippen molar-refractivity contribution in [1.29, 1.82) is 0 Å². The highest BCUT2D eigenvalue weighted by atomic mass is 35.5. The molecule has 7 heteroatoms. The van der Waals surface area contributed by atoms with Crippen LogP contribution in [0.1, 0.15) is 10.5 Å². The molecule has 0 amide bonds. The Labute approximate surface area is 98.4 Å². The Hall–Kier alpha value is -1.95. The van der Waals surface area contributed by atoms with E-state index in [-0.39, 0.29) is 10.8 Å². The number of hydrogen-bond acceptors (Lipinski definition) is 3. The van der Waals surface area contributed by atoms with Gasteiger partial charge in [0, 0.05) is 6.07 Å². The fourth-order valence-corrected chi connectivity index (χ4v) is 1.40. The number of halogens is 3. The summed E-state index contributed by atoms with van der Waals surface area (Å²) in [6, 6.07) is 2.91. The first kappa shape index (κ1) is 11.5. The molecule has 0 spiro atoms. The first-order valence-electron chi connectivity index (χ1n) is 4.34. The van der Waals surface area contributed by atoms with E-state index in [0.29, 0.717) is 0 Å². The van der Waals surface area contributed by atoms with Crippen LogP contribution in [0.2, 0.25) is 5.02 Å². The highest BCUT2D eigenvalue weighted by molar-refractivity contribution is 6.31. The van der Waals surface area contributed by atoms with E-state index >= 15 is 0 Å². The molecule has 0 fully saturated rings. The Morgan fingerprint density at radius 3 is 2.71 bits per heavy atom. The van der Waals surface area contributed by atoms with Crippen LogP contribution in [0, 0.1) is 11.6 Å². The normalized spacial score (nSPS) is 10.5. The van der Waals surface area contributed by atoms with Gasteiger partial charge in [-0.15, -0.1) is 0 Å². The number of carboxylic acid groups (broad SMARTS) is 1. The minimum Gasteiger partial charge on any atom is -0.476 e. The van der Waals surface area contributed by atoms with Crippen LogP contribution in [0.15, 0.2) is 22.7 Å². The van der Waals surface area contributed by atoms with Gasteiger partial charge in [0.05, 0.1) is 10.6 Å². The van der Waals surface area contributed by atoms with Gasteiger partial charge in [0.1, 0.15) is 5.82 Å². The summed E-state index contributed by atoms with van der Waals surface area (Å²) in [7, 11) is 0. The monoisotopic (exact) mass is 259 g/mol. The van der Waals surface area contributed by atoms with Crippen molar-refractivity contribution >= 4 is 17.6 Å². The van der Waals surface area contributed by atoms with Crippen molar-refractivity contribution in [2.75, 3.05) is 0 Å². The summed E-state index contributed by atoms with van der Waals surface area (Å²) in [5.74, 6) is -3.64. The summed E-state index contributed by atoms with van der Waals surface area (Å²) >= 11 is 5.48. The lowest BCUT2D eigenvalue weighted by molar-refractivity contribution is 0.0686. The van der Waals surface area contributed by atoms with Gasteiger partial charge in [0.2, 0.25) is 0 Å². The molecular formula is C10H4ClF2NO3. The highest BCUT2D eigenvalue weighted by Crippen LogP contribution is 2.30. The van der Waals surface area contributed by atoms with E-state index in [2.05, 4.69) is 9.68 Å². The molecule has 0 atom stereocenters. The first-order chi connectivity index (χ1) is 8.00. The maximum absolute atomic E-state index is 13.6. The molecule has 17 heavy (non-hydrogen) atoms. The number of aromatic nitrogens is 1. The summed E-state index contributed by atoms with van der Waals surface area (Å²) in [6.45, 7) is 0. The van der Waals surface area contributed by atoms with E-state index < -0.39 is 28.9 Å². The van der Waals surface area contributed by atoms with Crippen molar-refractivity contribution in [3.05, 3.63) is 40.6 Å². The van der Waals surface area contributed by atoms with Gasteiger partial charge in [-0.05, 0) is 12.1 Å². The maximum Gasteiger partial charge on any atom is 0.358 e. The van der Waals surface area contributed by atoms with Crippen molar-refractivity contribution in [3.63, 3.8) is 0 Å². The van der Waals surface area contributed by atoms with Gasteiger partial charge < -0.3 is 9.63 Å². The zero-order valence-electron chi connectivity index (χ0n) is 8.08. The number of hydrogen-bond donors (Lipinski definition) is 1. The van der Waals surface area contributed by atoms with E-state index in [1.165, 1.54) is 0 Å². The Balaban J connectivity index is 2.60. The van der Waals surface area contributed by atoms with Crippen molar-refractivity contribution in [2.24, 2.45) is 0 Å². The third-order valence-corrected chi connectivity index (χ3v) is 2.31. The zero-order chi connectivity index (χ0) is 12.6. The lowest BCUT2D eigenvalue weighted by Crippen LogP contribution is -1.94. The van der Waals surface area contributed by atoms with Crippen LogP contribution in [-0.4, -0.2) is 16.2 Å². The molecule has 0 saturated heterocycles. The largest absolute Gasteiger partial charge is 0.476 e. The summed E-state index contributed by atoms with van der Waals surface area (Å²) in [4.78, 5) is 10.5. The zero-order valence-corrected chi connectivity index (χ0v) is 8.83. The van der Waals surface area contributed by atoms with E-state index in [9.17, 15) is 13.6 Å². The fourth-order valence-electron chi connectivity index (χ4n) is 1.25. The second kappa shape index (κ2) is 4.14. The van der Waals surface area contributed by atoms with Gasteiger partial charge in [-0.2, -0.15) is 0 Å². The van der Waals surface area contributed by atoms with E-state index in [1.807, 2.05) is 0 Å². The molecule has 4 nitrogen and oxygen atoms in total. The smallest absolute Gasteiger partial charge is 0.358 e. The van der Waals surface area contributed by atoms with Gasteiger partial charge in [-0.3, -0.25) is 0 Å². The molecule has 88 valence electrons. The lowest BCUT2D eigenvalue weighted by atomic mass is 10.1. The van der Waals surface area contributed by atoms with E-state index in [1.54, 1.807) is 0 Å². The Morgan fingerprint density at radius 1 is 1.41 bits per heavy atom. The minimum atomic E-state index is -1.36. The quantitative estimate of drug-likeness (QED) is 0.842. The highest BCUT2D eigenvalue weighted by Gasteiger charge is 2.20. The van der Waals surface area contributed by atoms with Crippen LogP contribution in [0.3, 0.4) is 0 Å². The van der Waals surface area contributed by atoms with Gasteiger partial charge in [-0.25, -0.2) is 13.6 Å². The van der Waals surface area contributed by atoms with E-state index in [0.717, 1.165) is 18.2 Å². The predicted molar refractivity (Wildman–Crippen MR) is 53.8 cm³/mol. The molecule has 0 aliphatic heterocycles. The van der Waals surface area contributed by atoms with Crippen LogP contribution >= 0.6 is 11.6 Å². The topological polar surface area (TPSA) is 63.3 Å². The lowest BCUT2D eigenvalue weighted by Gasteiger charge is -2.01. The Kier molecular flexibility index (Phi) is 2.81. The maximum atomic E-state index is 13.6. The average molecular weight is 260 g/mol. The third kappa shape index (κ3) is 1.99. The molecule has 0 saturated carbocycles. The second-order valence-corrected chi connectivity index (χ2v) is 3.51. The standard InChI is InChI=1S/C10H4ClF2NO3/c11-4-1-2-5(12)8(9(4)13)7-3-6(10(15)16)14-17-7/h1-3H,(H,15,16). The molecular weight excluding hydrogens is 256 g/mol. The second-order valence-electron chi connectivity index (χ2n) is 3.10. The molecule has 0 bridgehead atoms. The van der Waals surface area contributed by atoms with Crippen LogP contribution in [0.4, 0.5) is 8.78 Å². The van der Waals surface area contributed by atoms with E-state index in [4.69, 9.17) is 16.7 Å². The van der Waals surface area contributed by atoms with Crippen LogP contribution in [0.25, 0.3) is 11.3 Å². The summed E-state index contributed by atoms with van der Waals surface area (Å²) in [6.07, 6.45) is 0. The molecule has 2 aromatic rings. The minimum absolute atomic E-state index is 0.297. The Bertz CT molecular complexity index is 597. The van der Waals surface area contributed by atoms with Crippen molar-refractivity contribution in [3.8, 4) is 11.3 Å². The van der Waals surface area contributed by atoms with Gasteiger partial charge in [0.15, 0.2) is 17.3 Å². The van der Waals surface area contributed by atoms with Crippen molar-refractivity contribution < 1.29 is 23.2 Å². The number of rotatable bonds is 2. The summed E-state index contributed by atoms with van der Waals surface area (Å²) in [5, 5.41) is 11.5. The molecule has 0 aliphatic carbocycles. The van der Waals surface area contributed by atoms with Crippen LogP contribution in [-0.2, 0) is 0 Å². The summed E-state index contributed by atoms with van der Waals surface area (Å²) < 4.78 is 31.5. The molecule has 1 heterocycles. The number of carboxylic acids is 1. The number of nitrogens with zero attached hydrogens (tertiary/aromatic N) is 1. The molecule has 2 rings (SSSR count). The number of carbonyl (C=O) groups is 1. The molecule has 0 radical (unpaired) electrons. The van der Waals surface area contributed by atoms with Gasteiger partial charge in [-0.1, -0.05) is 16.8 Å². The fraction of sp³-hybridized carbons (Fsp3) is 0. The van der Waals surface area contributed by atoms with Crippen molar-refractivity contribution in [1.82, 2.24) is 5.16 Å². The van der Waals surface area contributed by atoms with Crippen LogP contribution < -0.4 is 0 Å². The Morgan fingerprint density at radius 2 is 2.12 bits per heavy atom. The average Bonchev–Trinajstić information content (AvgIpc) is 2.73. The SMILES string of the molecule is O=C(O)c1cc(-c2c(F)ccc(Cl)c2F)on1. The van der Waals surface area contributed by atoms with Crippen molar-refractivity contribution in [2.45, 2.75) is 0 Å². The van der Waals surface area contributed by atoms with Gasteiger partial charge in [0.25, 0.3) is 0 Å². The number of aromatic carboxylic acids is 1. The number of benzene rings is 1. The first-order valence-corrected chi connectivity index (χ1v) is 4.72. The molecule has 0 aliphatic rings. The van der Waals surface area contributed by atoms with Crippen LogP contribution in [0.5, 0.6) is 0 Å². The summed E-state index contributed by atoms with van der Waals surface area (Å²) in [5.41, 5.74) is -0.990. The third-order valence-electron chi connectivity index (χ3n) is 2.02. The molecule has 0 unspecified atom stereocenters.